The molecule has 5 nitrogen and oxygen atoms in total. The maximum atomic E-state index is 11.5. The molecule has 0 saturated carbocycles. The van der Waals surface area contributed by atoms with Crippen LogP contribution in [0.5, 0.6) is 5.75 Å². The summed E-state index contributed by atoms with van der Waals surface area (Å²) in [6.07, 6.45) is 0. The molecule has 0 aliphatic carbocycles. The van der Waals surface area contributed by atoms with Gasteiger partial charge in [0.1, 0.15) is 12.4 Å². The van der Waals surface area contributed by atoms with Crippen LogP contribution < -0.4 is 10.5 Å². The fourth-order valence-corrected chi connectivity index (χ4v) is 2.39. The molecule has 2 N–H and O–H groups in total. The highest BCUT2D eigenvalue weighted by Crippen LogP contribution is 2.15. The Morgan fingerprint density at radius 2 is 2.00 bits per heavy atom. The molecular weight excluding hydrogens is 252 g/mol. The second-order valence-corrected chi connectivity index (χ2v) is 4.84. The number of anilines is 1. The van der Waals surface area contributed by atoms with E-state index in [1.54, 1.807) is 24.3 Å². The Balaban J connectivity index is 1.84. The molecule has 18 heavy (non-hydrogen) atoms. The summed E-state index contributed by atoms with van der Waals surface area (Å²) in [6.45, 7) is 0.568. The van der Waals surface area contributed by atoms with Crippen molar-refractivity contribution in [2.45, 2.75) is 0 Å². The SMILES string of the molecule is Nc1cccc(OCCN2C(=O)CSCC2=O)c1. The van der Waals surface area contributed by atoms with Crippen LogP contribution in [0, 0.1) is 0 Å². The first-order chi connectivity index (χ1) is 8.66. The first-order valence-corrected chi connectivity index (χ1v) is 6.71. The fraction of sp³-hybridized carbons (Fsp3) is 0.333. The first kappa shape index (κ1) is 12.8. The van der Waals surface area contributed by atoms with Gasteiger partial charge in [0, 0.05) is 11.8 Å². The molecule has 0 bridgehead atoms. The second-order valence-electron chi connectivity index (χ2n) is 3.85. The molecule has 1 aromatic carbocycles. The normalized spacial score (nSPS) is 15.9. The average molecular weight is 266 g/mol. The highest BCUT2D eigenvalue weighted by atomic mass is 32.2. The van der Waals surface area contributed by atoms with Crippen LogP contribution in [-0.4, -0.2) is 41.4 Å². The molecule has 0 radical (unpaired) electrons. The Hall–Kier alpha value is -1.69. The molecule has 96 valence electrons. The minimum atomic E-state index is -0.146. The number of carbonyl (C=O) groups is 2. The van der Waals surface area contributed by atoms with Crippen molar-refractivity contribution in [3.05, 3.63) is 24.3 Å². The Morgan fingerprint density at radius 3 is 2.67 bits per heavy atom. The summed E-state index contributed by atoms with van der Waals surface area (Å²) in [5.74, 6) is 1.08. The summed E-state index contributed by atoms with van der Waals surface area (Å²) < 4.78 is 5.45. The van der Waals surface area contributed by atoms with Crippen LogP contribution >= 0.6 is 11.8 Å². The smallest absolute Gasteiger partial charge is 0.239 e. The number of thioether (sulfide) groups is 1. The number of carbonyl (C=O) groups excluding carboxylic acids is 2. The molecule has 2 rings (SSSR count). The van der Waals surface area contributed by atoms with Crippen LogP contribution in [0.3, 0.4) is 0 Å². The number of nitrogens with zero attached hydrogens (tertiary/aromatic N) is 1. The summed E-state index contributed by atoms with van der Waals surface area (Å²) >= 11 is 1.35. The molecule has 1 aliphatic rings. The number of benzene rings is 1. The highest BCUT2D eigenvalue weighted by Gasteiger charge is 2.25. The molecule has 1 saturated heterocycles. The van der Waals surface area contributed by atoms with Crippen molar-refractivity contribution in [1.82, 2.24) is 4.90 Å². The molecular formula is C12H14N2O3S. The predicted molar refractivity (Wildman–Crippen MR) is 70.4 cm³/mol. The van der Waals surface area contributed by atoms with Crippen molar-refractivity contribution < 1.29 is 14.3 Å². The zero-order chi connectivity index (χ0) is 13.0. The number of nitrogens with two attached hydrogens (primary N) is 1. The summed E-state index contributed by atoms with van der Waals surface area (Å²) in [4.78, 5) is 24.3. The maximum Gasteiger partial charge on any atom is 0.239 e. The van der Waals surface area contributed by atoms with Crippen molar-refractivity contribution in [3.8, 4) is 5.75 Å². The largest absolute Gasteiger partial charge is 0.492 e. The molecule has 1 heterocycles. The van der Waals surface area contributed by atoms with Crippen LogP contribution in [0.4, 0.5) is 5.69 Å². The monoisotopic (exact) mass is 266 g/mol. The third-order valence-electron chi connectivity index (χ3n) is 2.49. The highest BCUT2D eigenvalue weighted by molar-refractivity contribution is 8.00. The minimum Gasteiger partial charge on any atom is -0.492 e. The second kappa shape index (κ2) is 5.77. The molecule has 1 aromatic rings. The van der Waals surface area contributed by atoms with E-state index in [1.165, 1.54) is 16.7 Å². The fourth-order valence-electron chi connectivity index (χ4n) is 1.63. The molecule has 1 aliphatic heterocycles. The summed E-state index contributed by atoms with van der Waals surface area (Å²) in [7, 11) is 0. The van der Waals surface area contributed by atoms with Gasteiger partial charge in [-0.15, -0.1) is 11.8 Å². The van der Waals surface area contributed by atoms with Gasteiger partial charge in [-0.25, -0.2) is 0 Å². The lowest BCUT2D eigenvalue weighted by molar-refractivity contribution is -0.142. The van der Waals surface area contributed by atoms with E-state index in [0.29, 0.717) is 22.9 Å². The standard InChI is InChI=1S/C12H14N2O3S/c13-9-2-1-3-10(6-9)17-5-4-14-11(15)7-18-8-12(14)16/h1-3,6H,4-5,7-8,13H2. The quantitative estimate of drug-likeness (QED) is 0.643. The van der Waals surface area contributed by atoms with Crippen molar-refractivity contribution in [2.75, 3.05) is 30.4 Å². The molecule has 0 aromatic heterocycles. The van der Waals surface area contributed by atoms with Crippen molar-refractivity contribution in [3.63, 3.8) is 0 Å². The van der Waals surface area contributed by atoms with E-state index < -0.39 is 0 Å². The lowest BCUT2D eigenvalue weighted by Gasteiger charge is -2.24. The summed E-state index contributed by atoms with van der Waals surface area (Å²) in [6, 6.07) is 7.04. The topological polar surface area (TPSA) is 72.6 Å². The number of imide groups is 1. The Bertz CT molecular complexity index is 448. The number of hydrogen-bond acceptors (Lipinski definition) is 5. The van der Waals surface area contributed by atoms with Gasteiger partial charge in [-0.3, -0.25) is 14.5 Å². The lowest BCUT2D eigenvalue weighted by atomic mass is 10.3. The van der Waals surface area contributed by atoms with Gasteiger partial charge in [-0.05, 0) is 12.1 Å². The van der Waals surface area contributed by atoms with E-state index in [0.717, 1.165) is 0 Å². The van der Waals surface area contributed by atoms with Crippen molar-refractivity contribution in [2.24, 2.45) is 0 Å². The van der Waals surface area contributed by atoms with Gasteiger partial charge in [-0.1, -0.05) is 6.07 Å². The van der Waals surface area contributed by atoms with Gasteiger partial charge in [0.25, 0.3) is 0 Å². The van der Waals surface area contributed by atoms with Gasteiger partial charge in [0.15, 0.2) is 0 Å². The van der Waals surface area contributed by atoms with E-state index in [1.807, 2.05) is 0 Å². The number of amides is 2. The summed E-state index contributed by atoms with van der Waals surface area (Å²) in [5, 5.41) is 0. The molecule has 0 atom stereocenters. The zero-order valence-corrected chi connectivity index (χ0v) is 10.6. The number of nitrogen functional groups attached to an aromatic ring is 1. The van der Waals surface area contributed by atoms with Gasteiger partial charge in [0.2, 0.25) is 11.8 Å². The van der Waals surface area contributed by atoms with Crippen LogP contribution in [0.15, 0.2) is 24.3 Å². The lowest BCUT2D eigenvalue weighted by Crippen LogP contribution is -2.44. The van der Waals surface area contributed by atoms with Gasteiger partial charge >= 0.3 is 0 Å². The van der Waals surface area contributed by atoms with E-state index in [4.69, 9.17) is 10.5 Å². The minimum absolute atomic E-state index is 0.146. The Labute approximate surface area is 109 Å². The van der Waals surface area contributed by atoms with Gasteiger partial charge in [-0.2, -0.15) is 0 Å². The van der Waals surface area contributed by atoms with Crippen molar-refractivity contribution >= 4 is 29.3 Å². The number of ether oxygens (including phenoxy) is 1. The Morgan fingerprint density at radius 1 is 1.28 bits per heavy atom. The van der Waals surface area contributed by atoms with E-state index >= 15 is 0 Å². The van der Waals surface area contributed by atoms with Crippen LogP contribution in [0.1, 0.15) is 0 Å². The predicted octanol–water partition coefficient (Wildman–Crippen LogP) is 0.750. The van der Waals surface area contributed by atoms with Crippen LogP contribution in [0.25, 0.3) is 0 Å². The summed E-state index contributed by atoms with van der Waals surface area (Å²) in [5.41, 5.74) is 6.24. The number of rotatable bonds is 4. The number of hydrogen-bond donors (Lipinski definition) is 1. The van der Waals surface area contributed by atoms with Crippen LogP contribution in [0.2, 0.25) is 0 Å². The van der Waals surface area contributed by atoms with Gasteiger partial charge < -0.3 is 10.5 Å². The molecule has 6 heteroatoms. The van der Waals surface area contributed by atoms with E-state index in [-0.39, 0.29) is 25.0 Å². The van der Waals surface area contributed by atoms with Crippen molar-refractivity contribution in [1.29, 1.82) is 0 Å². The van der Waals surface area contributed by atoms with Crippen LogP contribution in [-0.2, 0) is 9.59 Å². The zero-order valence-electron chi connectivity index (χ0n) is 9.80. The molecule has 0 unspecified atom stereocenters. The Kier molecular flexibility index (Phi) is 4.09. The first-order valence-electron chi connectivity index (χ1n) is 5.56. The molecule has 2 amide bonds. The molecule has 0 spiro atoms. The van der Waals surface area contributed by atoms with Gasteiger partial charge in [0.05, 0.1) is 18.1 Å². The molecule has 1 fully saturated rings. The maximum absolute atomic E-state index is 11.5. The van der Waals surface area contributed by atoms with E-state index in [2.05, 4.69) is 0 Å². The average Bonchev–Trinajstić information content (AvgIpc) is 2.33. The third kappa shape index (κ3) is 3.16. The van der Waals surface area contributed by atoms with E-state index in [9.17, 15) is 9.59 Å². The third-order valence-corrected chi connectivity index (χ3v) is 3.40.